The van der Waals surface area contributed by atoms with E-state index < -0.39 is 0 Å². The van der Waals surface area contributed by atoms with Crippen LogP contribution in [0.3, 0.4) is 0 Å². The molecule has 0 aromatic heterocycles. The van der Waals surface area contributed by atoms with E-state index in [-0.39, 0.29) is 11.9 Å². The van der Waals surface area contributed by atoms with Crippen molar-refractivity contribution in [3.8, 4) is 0 Å². The van der Waals surface area contributed by atoms with E-state index in [1.54, 1.807) is 0 Å². The molecule has 20 heavy (non-hydrogen) atoms. The average Bonchev–Trinajstić information content (AvgIpc) is 2.41. The van der Waals surface area contributed by atoms with E-state index in [9.17, 15) is 4.79 Å². The lowest BCUT2D eigenvalue weighted by atomic mass is 10.00. The first-order valence-electron chi connectivity index (χ1n) is 7.02. The second-order valence-electron chi connectivity index (χ2n) is 5.50. The molecule has 4 N–H and O–H groups in total. The summed E-state index contributed by atoms with van der Waals surface area (Å²) in [6.45, 7) is 3.88. The molecule has 2 amide bonds. The summed E-state index contributed by atoms with van der Waals surface area (Å²) in [5, 5.41) is 10.2. The van der Waals surface area contributed by atoms with Gasteiger partial charge in [-0.05, 0) is 36.5 Å². The highest BCUT2D eigenvalue weighted by Crippen LogP contribution is 2.17. The Labute approximate surface area is 119 Å². The number of nitrogens with two attached hydrogens (primary N) is 1. The second kappa shape index (κ2) is 6.41. The van der Waals surface area contributed by atoms with Gasteiger partial charge in [0.05, 0.1) is 5.84 Å². The van der Waals surface area contributed by atoms with Crippen molar-refractivity contribution in [1.29, 1.82) is 5.41 Å². The van der Waals surface area contributed by atoms with Gasteiger partial charge in [-0.25, -0.2) is 4.79 Å². The Balaban J connectivity index is 1.89. The molecule has 0 radical (unpaired) electrons. The topological polar surface area (TPSA) is 82.2 Å². The average molecular weight is 274 g/mol. The molecule has 5 nitrogen and oxygen atoms in total. The summed E-state index contributed by atoms with van der Waals surface area (Å²) in [6, 6.07) is 7.44. The largest absolute Gasteiger partial charge is 0.387 e. The number of anilines is 1. The van der Waals surface area contributed by atoms with Gasteiger partial charge in [0.2, 0.25) is 0 Å². The zero-order chi connectivity index (χ0) is 14.5. The molecule has 1 aliphatic rings. The molecule has 0 saturated carbocycles. The minimum absolute atomic E-state index is 0.0313. The number of piperidine rings is 1. The zero-order valence-electron chi connectivity index (χ0n) is 11.9. The molecule has 0 unspecified atom stereocenters. The van der Waals surface area contributed by atoms with Crippen molar-refractivity contribution in [3.63, 3.8) is 0 Å². The number of rotatable bonds is 3. The standard InChI is InChI=1S/C15H22N4O/c1-11-6-8-19(9-7-11)15(20)18-13-4-2-12(3-5-13)10-14(16)17/h2-5,11H,6-10H2,1H3,(H3,16,17)(H,18,20). The van der Waals surface area contributed by atoms with Crippen LogP contribution in [-0.4, -0.2) is 29.9 Å². The lowest BCUT2D eigenvalue weighted by Crippen LogP contribution is -2.40. The zero-order valence-corrected chi connectivity index (χ0v) is 11.9. The lowest BCUT2D eigenvalue weighted by Gasteiger charge is -2.30. The van der Waals surface area contributed by atoms with Crippen LogP contribution in [0.15, 0.2) is 24.3 Å². The maximum Gasteiger partial charge on any atom is 0.321 e. The monoisotopic (exact) mass is 274 g/mol. The first-order chi connectivity index (χ1) is 9.54. The second-order valence-corrected chi connectivity index (χ2v) is 5.50. The van der Waals surface area contributed by atoms with Crippen molar-refractivity contribution in [1.82, 2.24) is 4.90 Å². The number of nitrogens with zero attached hydrogens (tertiary/aromatic N) is 1. The lowest BCUT2D eigenvalue weighted by molar-refractivity contribution is 0.186. The Morgan fingerprint density at radius 1 is 1.35 bits per heavy atom. The van der Waals surface area contributed by atoms with Crippen LogP contribution in [0.2, 0.25) is 0 Å². The Morgan fingerprint density at radius 3 is 2.50 bits per heavy atom. The molecule has 108 valence electrons. The number of nitrogens with one attached hydrogen (secondary N) is 2. The molecule has 1 aromatic rings. The van der Waals surface area contributed by atoms with Crippen molar-refractivity contribution in [2.24, 2.45) is 11.7 Å². The molecule has 0 aliphatic carbocycles. The van der Waals surface area contributed by atoms with Gasteiger partial charge in [-0.3, -0.25) is 5.41 Å². The van der Waals surface area contributed by atoms with Gasteiger partial charge in [0, 0.05) is 25.2 Å². The predicted octanol–water partition coefficient (Wildman–Crippen LogP) is 2.43. The SMILES string of the molecule is CC1CCN(C(=O)Nc2ccc(CC(=N)N)cc2)CC1. The van der Waals surface area contributed by atoms with Gasteiger partial charge in [-0.1, -0.05) is 19.1 Å². The normalized spacial score (nSPS) is 15.9. The fourth-order valence-electron chi connectivity index (χ4n) is 2.34. The molecule has 1 aliphatic heterocycles. The van der Waals surface area contributed by atoms with E-state index in [2.05, 4.69) is 12.2 Å². The number of hydrogen-bond acceptors (Lipinski definition) is 2. The van der Waals surface area contributed by atoms with Gasteiger partial charge in [-0.2, -0.15) is 0 Å². The van der Waals surface area contributed by atoms with Gasteiger partial charge in [0.25, 0.3) is 0 Å². The molecule has 0 atom stereocenters. The van der Waals surface area contributed by atoms with Crippen LogP contribution in [0.1, 0.15) is 25.3 Å². The number of amides is 2. The number of carbonyl (C=O) groups excluding carboxylic acids is 1. The van der Waals surface area contributed by atoms with Crippen molar-refractivity contribution >= 4 is 17.6 Å². The minimum atomic E-state index is -0.0313. The van der Waals surface area contributed by atoms with E-state index in [4.69, 9.17) is 11.1 Å². The highest BCUT2D eigenvalue weighted by atomic mass is 16.2. The molecule has 2 rings (SSSR count). The van der Waals surface area contributed by atoms with Gasteiger partial charge >= 0.3 is 6.03 Å². The van der Waals surface area contributed by atoms with E-state index in [1.165, 1.54) is 0 Å². The third kappa shape index (κ3) is 3.98. The minimum Gasteiger partial charge on any atom is -0.387 e. The number of carbonyl (C=O) groups is 1. The number of hydrogen-bond donors (Lipinski definition) is 3. The molecular weight excluding hydrogens is 252 g/mol. The molecule has 0 spiro atoms. The molecule has 5 heteroatoms. The fraction of sp³-hybridized carbons (Fsp3) is 0.467. The van der Waals surface area contributed by atoms with Crippen LogP contribution < -0.4 is 11.1 Å². The summed E-state index contributed by atoms with van der Waals surface area (Å²) in [6.07, 6.45) is 2.59. The van der Waals surface area contributed by atoms with Crippen LogP contribution in [0.5, 0.6) is 0 Å². The summed E-state index contributed by atoms with van der Waals surface area (Å²) in [4.78, 5) is 14.0. The van der Waals surface area contributed by atoms with Crippen LogP contribution in [0, 0.1) is 11.3 Å². The Hall–Kier alpha value is -2.04. The molecule has 1 fully saturated rings. The third-order valence-electron chi connectivity index (χ3n) is 3.67. The predicted molar refractivity (Wildman–Crippen MR) is 81.0 cm³/mol. The summed E-state index contributed by atoms with van der Waals surface area (Å²) < 4.78 is 0. The van der Waals surface area contributed by atoms with Crippen LogP contribution in [0.4, 0.5) is 10.5 Å². The highest BCUT2D eigenvalue weighted by Gasteiger charge is 2.20. The van der Waals surface area contributed by atoms with Gasteiger partial charge in [0.15, 0.2) is 0 Å². The molecular formula is C15H22N4O. The molecule has 0 bridgehead atoms. The van der Waals surface area contributed by atoms with E-state index >= 15 is 0 Å². The molecule has 1 saturated heterocycles. The van der Waals surface area contributed by atoms with Gasteiger partial charge in [-0.15, -0.1) is 0 Å². The maximum atomic E-state index is 12.1. The Bertz CT molecular complexity index is 475. The first kappa shape index (κ1) is 14.4. The molecule has 1 aromatic carbocycles. The van der Waals surface area contributed by atoms with Crippen LogP contribution in [-0.2, 0) is 6.42 Å². The van der Waals surface area contributed by atoms with Crippen molar-refractivity contribution in [3.05, 3.63) is 29.8 Å². The van der Waals surface area contributed by atoms with Crippen LogP contribution in [0.25, 0.3) is 0 Å². The van der Waals surface area contributed by atoms with E-state index in [0.717, 1.165) is 37.2 Å². The van der Waals surface area contributed by atoms with Crippen molar-refractivity contribution in [2.45, 2.75) is 26.2 Å². The third-order valence-corrected chi connectivity index (χ3v) is 3.67. The summed E-state index contributed by atoms with van der Waals surface area (Å²) in [7, 11) is 0. The maximum absolute atomic E-state index is 12.1. The quantitative estimate of drug-likeness (QED) is 0.584. The Kier molecular flexibility index (Phi) is 4.61. The number of benzene rings is 1. The van der Waals surface area contributed by atoms with E-state index in [1.807, 2.05) is 29.2 Å². The summed E-state index contributed by atoms with van der Waals surface area (Å²) in [5.41, 5.74) is 7.11. The van der Waals surface area contributed by atoms with Gasteiger partial charge < -0.3 is 16.0 Å². The smallest absolute Gasteiger partial charge is 0.321 e. The van der Waals surface area contributed by atoms with Crippen molar-refractivity contribution < 1.29 is 4.79 Å². The van der Waals surface area contributed by atoms with Crippen LogP contribution >= 0.6 is 0 Å². The fourth-order valence-corrected chi connectivity index (χ4v) is 2.34. The first-order valence-corrected chi connectivity index (χ1v) is 7.02. The van der Waals surface area contributed by atoms with E-state index in [0.29, 0.717) is 12.3 Å². The number of urea groups is 1. The Morgan fingerprint density at radius 2 is 1.95 bits per heavy atom. The summed E-state index contributed by atoms with van der Waals surface area (Å²) in [5.74, 6) is 0.856. The highest BCUT2D eigenvalue weighted by molar-refractivity contribution is 5.89. The molecule has 1 heterocycles. The van der Waals surface area contributed by atoms with Gasteiger partial charge in [0.1, 0.15) is 0 Å². The number of amidine groups is 1. The number of likely N-dealkylation sites (tertiary alicyclic amines) is 1. The van der Waals surface area contributed by atoms with Crippen molar-refractivity contribution in [2.75, 3.05) is 18.4 Å². The summed E-state index contributed by atoms with van der Waals surface area (Å²) >= 11 is 0.